The van der Waals surface area contributed by atoms with Crippen molar-refractivity contribution >= 4 is 17.4 Å². The van der Waals surface area contributed by atoms with Crippen LogP contribution in [0.4, 0.5) is 5.69 Å². The number of ketones is 1. The van der Waals surface area contributed by atoms with Crippen LogP contribution in [0.2, 0.25) is 0 Å². The Morgan fingerprint density at radius 3 is 2.21 bits per heavy atom. The van der Waals surface area contributed by atoms with Gasteiger partial charge in [-0.3, -0.25) is 9.59 Å². The van der Waals surface area contributed by atoms with Crippen molar-refractivity contribution in [3.8, 4) is 0 Å². The molecule has 124 valence electrons. The van der Waals surface area contributed by atoms with Gasteiger partial charge >= 0.3 is 5.97 Å². The Kier molecular flexibility index (Phi) is 4.65. The number of hydrogen-bond acceptors (Lipinski definition) is 4. The zero-order valence-corrected chi connectivity index (χ0v) is 13.9. The number of benzene rings is 2. The molecular weight excluding hydrogens is 302 g/mol. The minimum absolute atomic E-state index is 0.00355. The summed E-state index contributed by atoms with van der Waals surface area (Å²) in [7, 11) is 1.38. The Hall–Kier alpha value is -2.62. The number of hydrogen-bond donors (Lipinski definition) is 0. The number of anilines is 1. The van der Waals surface area contributed by atoms with Crippen molar-refractivity contribution in [2.24, 2.45) is 11.8 Å². The van der Waals surface area contributed by atoms with E-state index in [1.807, 2.05) is 61.5 Å². The van der Waals surface area contributed by atoms with Gasteiger partial charge < -0.3 is 9.64 Å². The highest BCUT2D eigenvalue weighted by Gasteiger charge is 2.42. The highest BCUT2D eigenvalue weighted by atomic mass is 16.5. The molecule has 0 saturated carbocycles. The SMILES string of the molecule is COC(=O)[C@H]1CN(c2ccccc2)C[C@H]1C(=O)c1ccc(C)cc1. The van der Waals surface area contributed by atoms with Crippen molar-refractivity contribution in [3.63, 3.8) is 0 Å². The smallest absolute Gasteiger partial charge is 0.311 e. The van der Waals surface area contributed by atoms with Gasteiger partial charge in [-0.1, -0.05) is 48.0 Å². The van der Waals surface area contributed by atoms with Crippen LogP contribution in [0, 0.1) is 18.8 Å². The predicted molar refractivity (Wildman–Crippen MR) is 93.2 cm³/mol. The number of ether oxygens (including phenoxy) is 1. The first kappa shape index (κ1) is 16.2. The van der Waals surface area contributed by atoms with Gasteiger partial charge in [0.25, 0.3) is 0 Å². The van der Waals surface area contributed by atoms with E-state index < -0.39 is 5.92 Å². The Labute approximate surface area is 142 Å². The average Bonchev–Trinajstić information content (AvgIpc) is 3.07. The Morgan fingerprint density at radius 1 is 0.958 bits per heavy atom. The quantitative estimate of drug-likeness (QED) is 0.641. The minimum atomic E-state index is -0.441. The Morgan fingerprint density at radius 2 is 1.58 bits per heavy atom. The van der Waals surface area contributed by atoms with Crippen LogP contribution in [0.3, 0.4) is 0 Å². The summed E-state index contributed by atoms with van der Waals surface area (Å²) in [5.41, 5.74) is 2.77. The molecule has 0 spiro atoms. The molecule has 1 aliphatic heterocycles. The Bertz CT molecular complexity index is 724. The molecule has 0 N–H and O–H groups in total. The van der Waals surface area contributed by atoms with Crippen LogP contribution in [0.15, 0.2) is 54.6 Å². The average molecular weight is 323 g/mol. The first-order valence-corrected chi connectivity index (χ1v) is 8.09. The lowest BCUT2D eigenvalue weighted by molar-refractivity contribution is -0.145. The van der Waals surface area contributed by atoms with E-state index in [0.717, 1.165) is 11.3 Å². The molecule has 24 heavy (non-hydrogen) atoms. The summed E-state index contributed by atoms with van der Waals surface area (Å²) in [6.07, 6.45) is 0. The van der Waals surface area contributed by atoms with Gasteiger partial charge in [0.2, 0.25) is 0 Å². The number of para-hydroxylation sites is 1. The summed E-state index contributed by atoms with van der Waals surface area (Å²) >= 11 is 0. The van der Waals surface area contributed by atoms with Crippen molar-refractivity contribution in [1.82, 2.24) is 0 Å². The van der Waals surface area contributed by atoms with E-state index in [1.54, 1.807) is 0 Å². The molecule has 1 saturated heterocycles. The standard InChI is InChI=1S/C20H21NO3/c1-14-8-10-15(11-9-14)19(22)17-12-21(13-18(17)20(23)24-2)16-6-4-3-5-7-16/h3-11,17-18H,12-13H2,1-2H3/t17-,18+/m1/s1. The topological polar surface area (TPSA) is 46.6 Å². The highest BCUT2D eigenvalue weighted by Crippen LogP contribution is 2.31. The fourth-order valence-electron chi connectivity index (χ4n) is 3.24. The highest BCUT2D eigenvalue weighted by molar-refractivity contribution is 6.01. The first-order chi connectivity index (χ1) is 11.6. The summed E-state index contributed by atoms with van der Waals surface area (Å²) in [5, 5.41) is 0. The van der Waals surface area contributed by atoms with Crippen LogP contribution in [0.5, 0.6) is 0 Å². The lowest BCUT2D eigenvalue weighted by Gasteiger charge is -2.18. The van der Waals surface area contributed by atoms with Crippen molar-refractivity contribution in [3.05, 3.63) is 65.7 Å². The summed E-state index contributed by atoms with van der Waals surface area (Å²) in [4.78, 5) is 27.2. The number of carbonyl (C=O) groups excluding carboxylic acids is 2. The molecule has 0 unspecified atom stereocenters. The molecule has 1 fully saturated rings. The van der Waals surface area contributed by atoms with E-state index in [-0.39, 0.29) is 17.7 Å². The zero-order valence-electron chi connectivity index (χ0n) is 13.9. The minimum Gasteiger partial charge on any atom is -0.469 e. The normalized spacial score (nSPS) is 20.0. The molecule has 2 atom stereocenters. The lowest BCUT2D eigenvalue weighted by atomic mass is 9.88. The third kappa shape index (κ3) is 3.18. The number of esters is 1. The maximum atomic E-state index is 12.9. The Balaban J connectivity index is 1.87. The second-order valence-electron chi connectivity index (χ2n) is 6.21. The van der Waals surface area contributed by atoms with E-state index in [1.165, 1.54) is 7.11 Å². The molecule has 1 aliphatic rings. The molecule has 0 aliphatic carbocycles. The number of Topliss-reactive ketones (excluding diaryl/α,β-unsaturated/α-hetero) is 1. The third-order valence-corrected chi connectivity index (χ3v) is 4.62. The summed E-state index contributed by atoms with van der Waals surface area (Å²) in [5.74, 6) is -1.15. The fraction of sp³-hybridized carbons (Fsp3) is 0.300. The second-order valence-corrected chi connectivity index (χ2v) is 6.21. The van der Waals surface area contributed by atoms with Crippen LogP contribution in [0.25, 0.3) is 0 Å². The van der Waals surface area contributed by atoms with E-state index >= 15 is 0 Å². The summed E-state index contributed by atoms with van der Waals surface area (Å²) in [6.45, 7) is 3.01. The molecule has 1 heterocycles. The third-order valence-electron chi connectivity index (χ3n) is 4.62. The van der Waals surface area contributed by atoms with E-state index in [2.05, 4.69) is 4.90 Å². The largest absolute Gasteiger partial charge is 0.469 e. The molecule has 2 aromatic carbocycles. The van der Waals surface area contributed by atoms with Crippen molar-refractivity contribution in [1.29, 1.82) is 0 Å². The fourth-order valence-corrected chi connectivity index (χ4v) is 3.24. The van der Waals surface area contributed by atoms with Crippen molar-refractivity contribution in [2.45, 2.75) is 6.92 Å². The number of methoxy groups -OCH3 is 1. The monoisotopic (exact) mass is 323 g/mol. The van der Waals surface area contributed by atoms with Gasteiger partial charge in [0, 0.05) is 24.3 Å². The number of aryl methyl sites for hydroxylation is 1. The molecule has 4 heteroatoms. The zero-order chi connectivity index (χ0) is 17.1. The van der Waals surface area contributed by atoms with Crippen molar-refractivity contribution in [2.75, 3.05) is 25.1 Å². The maximum absolute atomic E-state index is 12.9. The van der Waals surface area contributed by atoms with Crippen LogP contribution >= 0.6 is 0 Å². The van der Waals surface area contributed by atoms with Gasteiger partial charge in [-0.25, -0.2) is 0 Å². The van der Waals surface area contributed by atoms with Crippen LogP contribution < -0.4 is 4.90 Å². The molecular formula is C20H21NO3. The van der Waals surface area contributed by atoms with E-state index in [0.29, 0.717) is 18.7 Å². The second kappa shape index (κ2) is 6.87. The summed E-state index contributed by atoms with van der Waals surface area (Å²) in [6, 6.07) is 17.4. The molecule has 0 aromatic heterocycles. The van der Waals surface area contributed by atoms with Crippen LogP contribution in [0.1, 0.15) is 15.9 Å². The van der Waals surface area contributed by atoms with Gasteiger partial charge in [0.05, 0.1) is 18.9 Å². The molecule has 0 amide bonds. The van der Waals surface area contributed by atoms with Gasteiger partial charge in [0.1, 0.15) is 0 Å². The first-order valence-electron chi connectivity index (χ1n) is 8.09. The number of carbonyl (C=O) groups is 2. The van der Waals surface area contributed by atoms with Crippen molar-refractivity contribution < 1.29 is 14.3 Å². The molecule has 2 aromatic rings. The van der Waals surface area contributed by atoms with Crippen LogP contribution in [-0.4, -0.2) is 32.0 Å². The van der Waals surface area contributed by atoms with Crippen LogP contribution in [-0.2, 0) is 9.53 Å². The van der Waals surface area contributed by atoms with Gasteiger partial charge in [-0.15, -0.1) is 0 Å². The predicted octanol–water partition coefficient (Wildman–Crippen LogP) is 3.10. The molecule has 4 nitrogen and oxygen atoms in total. The van der Waals surface area contributed by atoms with Gasteiger partial charge in [0.15, 0.2) is 5.78 Å². The molecule has 0 bridgehead atoms. The molecule has 0 radical (unpaired) electrons. The lowest BCUT2D eigenvalue weighted by Crippen LogP contribution is -2.29. The van der Waals surface area contributed by atoms with Gasteiger partial charge in [-0.2, -0.15) is 0 Å². The van der Waals surface area contributed by atoms with E-state index in [4.69, 9.17) is 4.74 Å². The number of nitrogens with zero attached hydrogens (tertiary/aromatic N) is 1. The van der Waals surface area contributed by atoms with E-state index in [9.17, 15) is 9.59 Å². The summed E-state index contributed by atoms with van der Waals surface area (Å²) < 4.78 is 4.94. The molecule has 3 rings (SSSR count). The van der Waals surface area contributed by atoms with Gasteiger partial charge in [-0.05, 0) is 19.1 Å². The number of rotatable bonds is 4. The maximum Gasteiger partial charge on any atom is 0.311 e.